The number of halogens is 2. The highest BCUT2D eigenvalue weighted by molar-refractivity contribution is 5.86. The van der Waals surface area contributed by atoms with Crippen LogP contribution < -0.4 is 5.32 Å². The molecule has 0 saturated carbocycles. The first-order valence-corrected chi connectivity index (χ1v) is 8.75. The van der Waals surface area contributed by atoms with E-state index >= 15 is 0 Å². The SMILES string of the molecule is CCNCC1CCN(C(=O)CN(C)C(=O)C(C)n2cccn2)CC1.Cl.Cl. The van der Waals surface area contributed by atoms with Crippen LogP contribution in [0.3, 0.4) is 0 Å². The molecule has 0 radical (unpaired) electrons. The highest BCUT2D eigenvalue weighted by atomic mass is 35.5. The number of amides is 2. The van der Waals surface area contributed by atoms with Crippen molar-refractivity contribution in [2.75, 3.05) is 39.8 Å². The molecule has 1 saturated heterocycles. The van der Waals surface area contributed by atoms with Crippen LogP contribution in [0, 0.1) is 5.92 Å². The molecule has 2 rings (SSSR count). The van der Waals surface area contributed by atoms with Gasteiger partial charge in [-0.3, -0.25) is 14.3 Å². The molecule has 1 aliphatic rings. The lowest BCUT2D eigenvalue weighted by molar-refractivity contribution is -0.141. The number of rotatable bonds is 7. The standard InChI is InChI=1S/C17H29N5O2.2ClH/c1-4-18-12-15-6-10-21(11-7-15)16(23)13-20(3)17(24)14(2)22-9-5-8-19-22;;/h5,8-9,14-15,18H,4,6-7,10-13H2,1-3H3;2*1H. The summed E-state index contributed by atoms with van der Waals surface area (Å²) in [6.45, 7) is 7.61. The van der Waals surface area contributed by atoms with Crippen molar-refractivity contribution < 1.29 is 9.59 Å². The molecule has 1 aromatic rings. The number of carbonyl (C=O) groups is 2. The fraction of sp³-hybridized carbons (Fsp3) is 0.706. The van der Waals surface area contributed by atoms with Gasteiger partial charge in [0.2, 0.25) is 11.8 Å². The second kappa shape index (κ2) is 12.1. The highest BCUT2D eigenvalue weighted by Gasteiger charge is 2.26. The number of piperidine rings is 1. The number of hydrogen-bond acceptors (Lipinski definition) is 4. The molecule has 0 bridgehead atoms. The van der Waals surface area contributed by atoms with Crippen LogP contribution in [0.1, 0.15) is 32.7 Å². The van der Waals surface area contributed by atoms with Crippen molar-refractivity contribution in [3.63, 3.8) is 0 Å². The van der Waals surface area contributed by atoms with Crippen LogP contribution in [0.15, 0.2) is 18.5 Å². The van der Waals surface area contributed by atoms with Gasteiger partial charge >= 0.3 is 0 Å². The number of aromatic nitrogens is 2. The fourth-order valence-electron chi connectivity index (χ4n) is 3.06. The summed E-state index contributed by atoms with van der Waals surface area (Å²) in [5.41, 5.74) is 0. The molecule has 2 heterocycles. The number of nitrogens with zero attached hydrogens (tertiary/aromatic N) is 4. The Morgan fingerprint density at radius 2 is 1.96 bits per heavy atom. The van der Waals surface area contributed by atoms with Crippen molar-refractivity contribution in [3.05, 3.63) is 18.5 Å². The van der Waals surface area contributed by atoms with E-state index in [4.69, 9.17) is 0 Å². The maximum Gasteiger partial charge on any atom is 0.247 e. The van der Waals surface area contributed by atoms with Crippen LogP contribution in [0.2, 0.25) is 0 Å². The predicted octanol–water partition coefficient (Wildman–Crippen LogP) is 1.59. The quantitative estimate of drug-likeness (QED) is 0.744. The summed E-state index contributed by atoms with van der Waals surface area (Å²) in [5, 5.41) is 7.46. The molecule has 1 aromatic heterocycles. The van der Waals surface area contributed by atoms with Crippen molar-refractivity contribution in [1.82, 2.24) is 24.9 Å². The van der Waals surface area contributed by atoms with Gasteiger partial charge in [0, 0.05) is 32.5 Å². The number of hydrogen-bond donors (Lipinski definition) is 1. The average molecular weight is 408 g/mol. The summed E-state index contributed by atoms with van der Waals surface area (Å²) in [6.07, 6.45) is 5.46. The lowest BCUT2D eigenvalue weighted by Crippen LogP contribution is -2.46. The Kier molecular flexibility index (Phi) is 11.5. The molecule has 2 amide bonds. The van der Waals surface area contributed by atoms with Gasteiger partial charge in [-0.1, -0.05) is 6.92 Å². The highest BCUT2D eigenvalue weighted by Crippen LogP contribution is 2.17. The molecule has 150 valence electrons. The molecule has 1 N–H and O–H groups in total. The van der Waals surface area contributed by atoms with E-state index in [1.807, 2.05) is 4.90 Å². The van der Waals surface area contributed by atoms with Crippen molar-refractivity contribution in [2.45, 2.75) is 32.7 Å². The molecular formula is C17H31Cl2N5O2. The molecule has 1 fully saturated rings. The van der Waals surface area contributed by atoms with Crippen LogP contribution in [-0.4, -0.2) is 71.2 Å². The number of nitrogens with one attached hydrogen (secondary N) is 1. The molecule has 1 aliphatic heterocycles. The van der Waals surface area contributed by atoms with Crippen molar-refractivity contribution in [1.29, 1.82) is 0 Å². The minimum atomic E-state index is -0.399. The van der Waals surface area contributed by atoms with E-state index in [9.17, 15) is 9.59 Å². The van der Waals surface area contributed by atoms with Crippen molar-refractivity contribution >= 4 is 36.6 Å². The van der Waals surface area contributed by atoms with Gasteiger partial charge < -0.3 is 15.1 Å². The monoisotopic (exact) mass is 407 g/mol. The van der Waals surface area contributed by atoms with Gasteiger partial charge in [-0.25, -0.2) is 0 Å². The Balaban J connectivity index is 0.00000312. The lowest BCUT2D eigenvalue weighted by atomic mass is 9.96. The molecule has 9 heteroatoms. The van der Waals surface area contributed by atoms with Crippen molar-refractivity contribution in [2.24, 2.45) is 5.92 Å². The number of carbonyl (C=O) groups excluding carboxylic acids is 2. The predicted molar refractivity (Wildman–Crippen MR) is 107 cm³/mol. The second-order valence-electron chi connectivity index (χ2n) is 6.49. The topological polar surface area (TPSA) is 70.5 Å². The Hall–Kier alpha value is -1.31. The molecule has 26 heavy (non-hydrogen) atoms. The summed E-state index contributed by atoms with van der Waals surface area (Å²) in [5.74, 6) is 0.572. The summed E-state index contributed by atoms with van der Waals surface area (Å²) in [6, 6.07) is 1.38. The minimum Gasteiger partial charge on any atom is -0.341 e. The van der Waals surface area contributed by atoms with Crippen LogP contribution in [-0.2, 0) is 9.59 Å². The average Bonchev–Trinajstić information content (AvgIpc) is 3.13. The van der Waals surface area contributed by atoms with E-state index in [0.717, 1.165) is 39.0 Å². The zero-order chi connectivity index (χ0) is 17.5. The first kappa shape index (κ1) is 24.7. The first-order chi connectivity index (χ1) is 11.5. The fourth-order valence-corrected chi connectivity index (χ4v) is 3.06. The van der Waals surface area contributed by atoms with E-state index in [1.165, 1.54) is 4.90 Å². The lowest BCUT2D eigenvalue weighted by Gasteiger charge is -2.33. The van der Waals surface area contributed by atoms with E-state index < -0.39 is 6.04 Å². The van der Waals surface area contributed by atoms with E-state index in [0.29, 0.717) is 5.92 Å². The Morgan fingerprint density at radius 1 is 1.31 bits per heavy atom. The molecule has 1 atom stereocenters. The molecule has 0 spiro atoms. The number of likely N-dealkylation sites (tertiary alicyclic amines) is 1. The molecule has 1 unspecified atom stereocenters. The van der Waals surface area contributed by atoms with Crippen LogP contribution in [0.25, 0.3) is 0 Å². The minimum absolute atomic E-state index is 0. The summed E-state index contributed by atoms with van der Waals surface area (Å²) >= 11 is 0. The number of likely N-dealkylation sites (N-methyl/N-ethyl adjacent to an activating group) is 1. The van der Waals surface area contributed by atoms with Crippen molar-refractivity contribution in [3.8, 4) is 0 Å². The summed E-state index contributed by atoms with van der Waals surface area (Å²) in [7, 11) is 1.68. The molecule has 0 aliphatic carbocycles. The van der Waals surface area contributed by atoms with Crippen LogP contribution in [0.4, 0.5) is 0 Å². The van der Waals surface area contributed by atoms with E-state index in [1.54, 1.807) is 37.1 Å². The third-order valence-electron chi connectivity index (χ3n) is 4.68. The summed E-state index contributed by atoms with van der Waals surface area (Å²) < 4.78 is 1.61. The van der Waals surface area contributed by atoms with E-state index in [-0.39, 0.29) is 43.2 Å². The van der Waals surface area contributed by atoms with Gasteiger partial charge in [-0.05, 0) is 44.8 Å². The second-order valence-corrected chi connectivity index (χ2v) is 6.49. The molecule has 0 aromatic carbocycles. The summed E-state index contributed by atoms with van der Waals surface area (Å²) in [4.78, 5) is 28.2. The van der Waals surface area contributed by atoms with Gasteiger partial charge in [0.15, 0.2) is 0 Å². The Morgan fingerprint density at radius 3 is 2.50 bits per heavy atom. The van der Waals surface area contributed by atoms with Gasteiger partial charge in [0.1, 0.15) is 6.04 Å². The molecular weight excluding hydrogens is 377 g/mol. The Bertz CT molecular complexity index is 533. The Labute approximate surface area is 168 Å². The zero-order valence-electron chi connectivity index (χ0n) is 15.8. The third-order valence-corrected chi connectivity index (χ3v) is 4.68. The maximum absolute atomic E-state index is 12.4. The van der Waals surface area contributed by atoms with Gasteiger partial charge in [-0.2, -0.15) is 5.10 Å². The normalized spacial score (nSPS) is 15.6. The van der Waals surface area contributed by atoms with Gasteiger partial charge in [0.25, 0.3) is 0 Å². The van der Waals surface area contributed by atoms with E-state index in [2.05, 4.69) is 17.3 Å². The first-order valence-electron chi connectivity index (χ1n) is 8.75. The maximum atomic E-state index is 12.4. The smallest absolute Gasteiger partial charge is 0.247 e. The largest absolute Gasteiger partial charge is 0.341 e. The third kappa shape index (κ3) is 6.78. The molecule has 7 nitrogen and oxygen atoms in total. The van der Waals surface area contributed by atoms with Gasteiger partial charge in [0.05, 0.1) is 6.54 Å². The van der Waals surface area contributed by atoms with Crippen LogP contribution >= 0.6 is 24.8 Å². The van der Waals surface area contributed by atoms with Gasteiger partial charge in [-0.15, -0.1) is 24.8 Å². The van der Waals surface area contributed by atoms with Crippen LogP contribution in [0.5, 0.6) is 0 Å². The zero-order valence-corrected chi connectivity index (χ0v) is 17.4.